The maximum absolute atomic E-state index is 12.8. The molecule has 0 spiro atoms. The molecule has 1 atom stereocenters. The number of ether oxygens (including phenoxy) is 1. The van der Waals surface area contributed by atoms with Gasteiger partial charge in [0.25, 0.3) is 0 Å². The Hall–Kier alpha value is -2.79. The summed E-state index contributed by atoms with van der Waals surface area (Å²) in [5.74, 6) is -3.09. The first-order valence-corrected chi connectivity index (χ1v) is 7.76. The highest BCUT2D eigenvalue weighted by Gasteiger charge is 2.37. The number of amides is 2. The van der Waals surface area contributed by atoms with E-state index in [4.69, 9.17) is 5.73 Å². The highest BCUT2D eigenvalue weighted by atomic mass is 19.4. The predicted octanol–water partition coefficient (Wildman–Crippen LogP) is 2.19. The molecule has 156 valence electrons. The molecule has 2 amide bonds. The summed E-state index contributed by atoms with van der Waals surface area (Å²) >= 11 is 0. The van der Waals surface area contributed by atoms with Crippen molar-refractivity contribution < 1.29 is 45.5 Å². The fourth-order valence-electron chi connectivity index (χ4n) is 2.16. The zero-order chi connectivity index (χ0) is 21.7. The fraction of sp³-hybridized carbons (Fsp3) is 0.438. The van der Waals surface area contributed by atoms with Crippen LogP contribution in [0, 0.1) is 0 Å². The van der Waals surface area contributed by atoms with Crippen LogP contribution in [-0.2, 0) is 37.9 Å². The summed E-state index contributed by atoms with van der Waals surface area (Å²) in [4.78, 5) is 34.6. The van der Waals surface area contributed by atoms with E-state index in [2.05, 4.69) is 4.74 Å². The number of hydrogen-bond acceptors (Lipinski definition) is 4. The van der Waals surface area contributed by atoms with E-state index in [1.54, 1.807) is 0 Å². The molecule has 0 unspecified atom stereocenters. The normalized spacial score (nSPS) is 13.0. The van der Waals surface area contributed by atoms with Gasteiger partial charge in [0, 0.05) is 0 Å². The lowest BCUT2D eigenvalue weighted by Gasteiger charge is -2.16. The number of primary amides is 1. The van der Waals surface area contributed by atoms with E-state index in [-0.39, 0.29) is 12.7 Å². The number of nitrogens with one attached hydrogen (secondary N) is 1. The molecule has 0 saturated carbocycles. The molecule has 6 nitrogen and oxygen atoms in total. The van der Waals surface area contributed by atoms with Crippen molar-refractivity contribution in [1.29, 1.82) is 0 Å². The first-order chi connectivity index (χ1) is 12.7. The standard InChI is InChI=1S/C16H16F6N2O4/c1-2-28-13(26)7-11(14(23)27)24-12(25)5-8-3-9(15(17,18)19)6-10(4-8)16(20,21)22/h3-4,6,11H,2,5,7H2,1H3,(H2,23,27)(H,24,25)/t11-/m1/s1. The maximum atomic E-state index is 12.8. The third kappa shape index (κ3) is 7.08. The number of carbonyl (C=O) groups is 3. The SMILES string of the molecule is CCOC(=O)C[C@@H](NC(=O)Cc1cc(C(F)(F)F)cc(C(F)(F)F)c1)C(N)=O. The van der Waals surface area contributed by atoms with Crippen LogP contribution in [0.2, 0.25) is 0 Å². The van der Waals surface area contributed by atoms with Crippen LogP contribution < -0.4 is 11.1 Å². The van der Waals surface area contributed by atoms with Gasteiger partial charge in [0.1, 0.15) is 6.04 Å². The minimum atomic E-state index is -5.06. The zero-order valence-corrected chi connectivity index (χ0v) is 14.4. The van der Waals surface area contributed by atoms with Crippen molar-refractivity contribution in [2.24, 2.45) is 5.73 Å². The Morgan fingerprint density at radius 1 is 1.04 bits per heavy atom. The highest BCUT2D eigenvalue weighted by molar-refractivity contribution is 5.90. The molecule has 0 aromatic heterocycles. The predicted molar refractivity (Wildman–Crippen MR) is 82.5 cm³/mol. The molecule has 1 rings (SSSR count). The number of benzene rings is 1. The third-order valence-electron chi connectivity index (χ3n) is 3.37. The van der Waals surface area contributed by atoms with Gasteiger partial charge < -0.3 is 15.8 Å². The van der Waals surface area contributed by atoms with Crippen molar-refractivity contribution in [3.8, 4) is 0 Å². The van der Waals surface area contributed by atoms with E-state index in [1.165, 1.54) is 6.92 Å². The summed E-state index contributed by atoms with van der Waals surface area (Å²) in [5.41, 5.74) is 1.28. The summed E-state index contributed by atoms with van der Waals surface area (Å²) in [6.07, 6.45) is -11.7. The number of halogens is 6. The molecular formula is C16H16F6N2O4. The second-order valence-electron chi connectivity index (χ2n) is 5.62. The van der Waals surface area contributed by atoms with E-state index in [0.29, 0.717) is 12.1 Å². The Balaban J connectivity index is 3.03. The van der Waals surface area contributed by atoms with Crippen molar-refractivity contribution in [3.63, 3.8) is 0 Å². The average Bonchev–Trinajstić information content (AvgIpc) is 2.52. The summed E-state index contributed by atoms with van der Waals surface area (Å²) in [5, 5.41) is 1.99. The van der Waals surface area contributed by atoms with Crippen LogP contribution in [0.25, 0.3) is 0 Å². The van der Waals surface area contributed by atoms with E-state index in [0.717, 1.165) is 0 Å². The first-order valence-electron chi connectivity index (χ1n) is 7.76. The minimum Gasteiger partial charge on any atom is -0.466 e. The van der Waals surface area contributed by atoms with Crippen LogP contribution >= 0.6 is 0 Å². The summed E-state index contributed by atoms with van der Waals surface area (Å²) in [6.45, 7) is 1.48. The number of rotatable bonds is 7. The quantitative estimate of drug-likeness (QED) is 0.528. The van der Waals surface area contributed by atoms with Crippen molar-refractivity contribution in [2.45, 2.75) is 38.2 Å². The second-order valence-corrected chi connectivity index (χ2v) is 5.62. The van der Waals surface area contributed by atoms with Gasteiger partial charge in [0.05, 0.1) is 30.6 Å². The van der Waals surface area contributed by atoms with Crippen LogP contribution in [0.4, 0.5) is 26.3 Å². The van der Waals surface area contributed by atoms with Gasteiger partial charge >= 0.3 is 18.3 Å². The van der Waals surface area contributed by atoms with Crippen molar-refractivity contribution in [1.82, 2.24) is 5.32 Å². The molecule has 0 bridgehead atoms. The van der Waals surface area contributed by atoms with Crippen LogP contribution in [0.5, 0.6) is 0 Å². The Kier molecular flexibility index (Phi) is 7.42. The lowest BCUT2D eigenvalue weighted by atomic mass is 10.0. The van der Waals surface area contributed by atoms with E-state index in [9.17, 15) is 40.7 Å². The van der Waals surface area contributed by atoms with Gasteiger partial charge in [-0.2, -0.15) is 26.3 Å². The lowest BCUT2D eigenvalue weighted by Crippen LogP contribution is -2.46. The Bertz CT molecular complexity index is 713. The molecule has 0 radical (unpaired) electrons. The molecule has 0 aliphatic heterocycles. The topological polar surface area (TPSA) is 98.5 Å². The van der Waals surface area contributed by atoms with Crippen LogP contribution in [-0.4, -0.2) is 30.4 Å². The number of hydrogen-bond donors (Lipinski definition) is 2. The van der Waals surface area contributed by atoms with Gasteiger partial charge in [-0.3, -0.25) is 14.4 Å². The van der Waals surface area contributed by atoms with Gasteiger partial charge in [-0.1, -0.05) is 0 Å². The van der Waals surface area contributed by atoms with Gasteiger partial charge in [0.15, 0.2) is 0 Å². The monoisotopic (exact) mass is 414 g/mol. The average molecular weight is 414 g/mol. The molecule has 0 fully saturated rings. The van der Waals surface area contributed by atoms with Crippen molar-refractivity contribution in [3.05, 3.63) is 34.9 Å². The Labute approximate surface area is 155 Å². The molecule has 1 aromatic rings. The number of esters is 1. The van der Waals surface area contributed by atoms with Crippen molar-refractivity contribution in [2.75, 3.05) is 6.61 Å². The summed E-state index contributed by atoms with van der Waals surface area (Å²) < 4.78 is 81.5. The van der Waals surface area contributed by atoms with E-state index in [1.807, 2.05) is 5.32 Å². The number of alkyl halides is 6. The minimum absolute atomic E-state index is 0.0112. The van der Waals surface area contributed by atoms with Gasteiger partial charge in [-0.15, -0.1) is 0 Å². The molecular weight excluding hydrogens is 398 g/mol. The molecule has 0 heterocycles. The highest BCUT2D eigenvalue weighted by Crippen LogP contribution is 2.36. The number of carbonyl (C=O) groups excluding carboxylic acids is 3. The van der Waals surface area contributed by atoms with E-state index < -0.39 is 65.7 Å². The van der Waals surface area contributed by atoms with Crippen LogP contribution in [0.3, 0.4) is 0 Å². The molecule has 1 aromatic carbocycles. The zero-order valence-electron chi connectivity index (χ0n) is 14.4. The largest absolute Gasteiger partial charge is 0.466 e. The molecule has 28 heavy (non-hydrogen) atoms. The number of nitrogens with two attached hydrogens (primary N) is 1. The molecule has 3 N–H and O–H groups in total. The molecule has 12 heteroatoms. The second kappa shape index (κ2) is 8.93. The lowest BCUT2D eigenvalue weighted by molar-refractivity contribution is -0.146. The van der Waals surface area contributed by atoms with Crippen LogP contribution in [0.1, 0.15) is 30.0 Å². The molecule has 0 aliphatic carbocycles. The first kappa shape index (κ1) is 23.2. The third-order valence-corrected chi connectivity index (χ3v) is 3.37. The Morgan fingerprint density at radius 3 is 1.93 bits per heavy atom. The van der Waals surface area contributed by atoms with Crippen molar-refractivity contribution >= 4 is 17.8 Å². The summed E-state index contributed by atoms with van der Waals surface area (Å²) in [7, 11) is 0. The van der Waals surface area contributed by atoms with Gasteiger partial charge in [-0.05, 0) is 30.7 Å². The van der Waals surface area contributed by atoms with Gasteiger partial charge in [-0.25, -0.2) is 0 Å². The molecule has 0 aliphatic rings. The summed E-state index contributed by atoms with van der Waals surface area (Å²) in [6, 6.07) is -0.827. The fourth-order valence-corrected chi connectivity index (χ4v) is 2.16. The van der Waals surface area contributed by atoms with Gasteiger partial charge in [0.2, 0.25) is 11.8 Å². The smallest absolute Gasteiger partial charge is 0.416 e. The van der Waals surface area contributed by atoms with Crippen LogP contribution in [0.15, 0.2) is 18.2 Å². The molecule has 0 saturated heterocycles. The maximum Gasteiger partial charge on any atom is 0.416 e. The Morgan fingerprint density at radius 2 is 1.54 bits per heavy atom. The van der Waals surface area contributed by atoms with E-state index >= 15 is 0 Å².